The molecule has 0 radical (unpaired) electrons. The molecule has 0 aliphatic carbocycles. The highest BCUT2D eigenvalue weighted by molar-refractivity contribution is 6.33. The van der Waals surface area contributed by atoms with E-state index in [1.807, 2.05) is 0 Å². The van der Waals surface area contributed by atoms with Gasteiger partial charge in [0.2, 0.25) is 0 Å². The van der Waals surface area contributed by atoms with Crippen molar-refractivity contribution in [2.24, 2.45) is 14.1 Å². The van der Waals surface area contributed by atoms with Gasteiger partial charge in [0, 0.05) is 32.1 Å². The maximum atomic E-state index is 12.9. The van der Waals surface area contributed by atoms with Crippen LogP contribution in [0.15, 0.2) is 29.2 Å². The Kier molecular flexibility index (Phi) is 3.73. The van der Waals surface area contributed by atoms with E-state index >= 15 is 0 Å². The van der Waals surface area contributed by atoms with Crippen molar-refractivity contribution < 1.29 is 9.32 Å². The molecule has 4 heterocycles. The molecule has 4 aromatic rings. The molecule has 4 rings (SSSR count). The molecule has 0 atom stereocenters. The maximum absolute atomic E-state index is 12.9. The van der Waals surface area contributed by atoms with Gasteiger partial charge in [-0.15, -0.1) is 0 Å². The van der Waals surface area contributed by atoms with E-state index in [1.54, 1.807) is 50.4 Å². The SMILES string of the molecule is Cc1noc2nc(-c3cnn(C)c3)cc(C(=O)Nc3nn(C)cc3Cl)c12. The largest absolute Gasteiger partial charge is 0.335 e. The molecule has 132 valence electrons. The van der Waals surface area contributed by atoms with Gasteiger partial charge in [-0.1, -0.05) is 16.8 Å². The number of hydrogen-bond acceptors (Lipinski definition) is 6. The summed E-state index contributed by atoms with van der Waals surface area (Å²) in [6.07, 6.45) is 5.06. The third kappa shape index (κ3) is 2.72. The molecule has 26 heavy (non-hydrogen) atoms. The number of aromatic nitrogens is 6. The highest BCUT2D eigenvalue weighted by Crippen LogP contribution is 2.28. The smallest absolute Gasteiger partial charge is 0.259 e. The van der Waals surface area contributed by atoms with Crippen molar-refractivity contribution in [1.82, 2.24) is 29.7 Å². The predicted octanol–water partition coefficient (Wildman–Crippen LogP) is 2.57. The third-order valence-electron chi connectivity index (χ3n) is 3.88. The monoisotopic (exact) mass is 371 g/mol. The van der Waals surface area contributed by atoms with Gasteiger partial charge in [0.05, 0.1) is 28.5 Å². The van der Waals surface area contributed by atoms with E-state index in [0.29, 0.717) is 27.4 Å². The van der Waals surface area contributed by atoms with Gasteiger partial charge in [-0.3, -0.25) is 14.2 Å². The maximum Gasteiger partial charge on any atom is 0.259 e. The molecule has 10 heteroatoms. The van der Waals surface area contributed by atoms with Crippen LogP contribution in [0.1, 0.15) is 16.1 Å². The first kappa shape index (κ1) is 16.3. The standard InChI is InChI=1S/C16H14ClN7O2/c1-8-13-10(15(25)20-14-11(17)7-24(3)21-14)4-12(19-16(13)26-22-8)9-5-18-23(2)6-9/h4-7H,1-3H3,(H,20,21,25). The fourth-order valence-corrected chi connectivity index (χ4v) is 2.92. The van der Waals surface area contributed by atoms with Crippen LogP contribution in [0.5, 0.6) is 0 Å². The second-order valence-electron chi connectivity index (χ2n) is 5.86. The zero-order valence-corrected chi connectivity index (χ0v) is 14.9. The van der Waals surface area contributed by atoms with E-state index in [1.165, 1.54) is 4.68 Å². The number of amides is 1. The first-order valence-corrected chi connectivity index (χ1v) is 8.06. The molecular weight excluding hydrogens is 358 g/mol. The van der Waals surface area contributed by atoms with Crippen molar-refractivity contribution in [3.8, 4) is 11.3 Å². The van der Waals surface area contributed by atoms with E-state index < -0.39 is 0 Å². The van der Waals surface area contributed by atoms with Crippen LogP contribution in [-0.2, 0) is 14.1 Å². The summed E-state index contributed by atoms with van der Waals surface area (Å²) in [4.78, 5) is 17.3. The van der Waals surface area contributed by atoms with E-state index in [4.69, 9.17) is 16.1 Å². The summed E-state index contributed by atoms with van der Waals surface area (Å²) < 4.78 is 8.45. The minimum atomic E-state index is -0.380. The Morgan fingerprint density at radius 2 is 2.08 bits per heavy atom. The van der Waals surface area contributed by atoms with Crippen LogP contribution < -0.4 is 5.32 Å². The minimum Gasteiger partial charge on any atom is -0.335 e. The first-order chi connectivity index (χ1) is 12.4. The van der Waals surface area contributed by atoms with Crippen molar-refractivity contribution in [3.05, 3.63) is 40.9 Å². The zero-order valence-electron chi connectivity index (χ0n) is 14.2. The molecule has 0 aliphatic heterocycles. The van der Waals surface area contributed by atoms with Gasteiger partial charge in [-0.05, 0) is 13.0 Å². The fraction of sp³-hybridized carbons (Fsp3) is 0.188. The number of carbonyl (C=O) groups is 1. The Morgan fingerprint density at radius 3 is 2.73 bits per heavy atom. The van der Waals surface area contributed by atoms with E-state index in [2.05, 4.69) is 25.7 Å². The second-order valence-corrected chi connectivity index (χ2v) is 6.27. The Bertz CT molecular complexity index is 1140. The highest BCUT2D eigenvalue weighted by Gasteiger charge is 2.21. The molecular formula is C16H14ClN7O2. The van der Waals surface area contributed by atoms with E-state index in [0.717, 1.165) is 5.56 Å². The lowest BCUT2D eigenvalue weighted by Gasteiger charge is -2.06. The van der Waals surface area contributed by atoms with Crippen LogP contribution in [0, 0.1) is 6.92 Å². The second kappa shape index (κ2) is 5.95. The van der Waals surface area contributed by atoms with Crippen molar-refractivity contribution in [1.29, 1.82) is 0 Å². The lowest BCUT2D eigenvalue weighted by molar-refractivity contribution is 0.102. The lowest BCUT2D eigenvalue weighted by Crippen LogP contribution is -2.14. The van der Waals surface area contributed by atoms with Crippen LogP contribution in [0.2, 0.25) is 5.02 Å². The van der Waals surface area contributed by atoms with Crippen LogP contribution in [-0.4, -0.2) is 35.6 Å². The number of halogens is 1. The number of nitrogens with one attached hydrogen (secondary N) is 1. The summed E-state index contributed by atoms with van der Waals surface area (Å²) in [5.74, 6) is -0.101. The quantitative estimate of drug-likeness (QED) is 0.593. The molecule has 0 unspecified atom stereocenters. The Hall–Kier alpha value is -3.20. The zero-order chi connectivity index (χ0) is 18.4. The van der Waals surface area contributed by atoms with Gasteiger partial charge in [0.15, 0.2) is 5.82 Å². The van der Waals surface area contributed by atoms with Crippen molar-refractivity contribution in [2.75, 3.05) is 5.32 Å². The minimum absolute atomic E-state index is 0.279. The van der Waals surface area contributed by atoms with Crippen molar-refractivity contribution >= 4 is 34.4 Å². The van der Waals surface area contributed by atoms with Gasteiger partial charge < -0.3 is 9.84 Å². The molecule has 0 saturated heterocycles. The number of carbonyl (C=O) groups excluding carboxylic acids is 1. The topological polar surface area (TPSA) is 104 Å². The Morgan fingerprint density at radius 1 is 1.27 bits per heavy atom. The molecule has 0 spiro atoms. The molecule has 1 amide bonds. The number of aryl methyl sites for hydroxylation is 3. The molecule has 1 N–H and O–H groups in total. The van der Waals surface area contributed by atoms with Crippen LogP contribution in [0.4, 0.5) is 5.82 Å². The van der Waals surface area contributed by atoms with Crippen LogP contribution in [0.25, 0.3) is 22.4 Å². The number of rotatable bonds is 3. The van der Waals surface area contributed by atoms with E-state index in [9.17, 15) is 4.79 Å². The molecule has 0 aliphatic rings. The predicted molar refractivity (Wildman–Crippen MR) is 94.9 cm³/mol. The summed E-state index contributed by atoms with van der Waals surface area (Å²) in [7, 11) is 3.52. The Labute approximate surface area is 152 Å². The molecule has 0 aromatic carbocycles. The molecule has 0 fully saturated rings. The summed E-state index contributed by atoms with van der Waals surface area (Å²) in [6.45, 7) is 1.75. The van der Waals surface area contributed by atoms with Gasteiger partial charge >= 0.3 is 0 Å². The molecule has 0 saturated carbocycles. The summed E-state index contributed by atoms with van der Waals surface area (Å²) >= 11 is 6.08. The molecule has 4 aromatic heterocycles. The van der Waals surface area contributed by atoms with Gasteiger partial charge in [0.25, 0.3) is 11.6 Å². The number of hydrogen-bond donors (Lipinski definition) is 1. The lowest BCUT2D eigenvalue weighted by atomic mass is 10.1. The highest BCUT2D eigenvalue weighted by atomic mass is 35.5. The summed E-state index contributed by atoms with van der Waals surface area (Å²) in [5, 5.41) is 15.8. The van der Waals surface area contributed by atoms with Crippen molar-refractivity contribution in [3.63, 3.8) is 0 Å². The number of pyridine rings is 1. The average molecular weight is 372 g/mol. The van der Waals surface area contributed by atoms with Gasteiger partial charge in [0.1, 0.15) is 5.02 Å². The Balaban J connectivity index is 1.83. The fourth-order valence-electron chi connectivity index (χ4n) is 2.69. The molecule has 9 nitrogen and oxygen atoms in total. The number of fused-ring (bicyclic) bond motifs is 1. The summed E-state index contributed by atoms with van der Waals surface area (Å²) in [6, 6.07) is 1.68. The van der Waals surface area contributed by atoms with Gasteiger partial charge in [-0.25, -0.2) is 4.98 Å². The number of anilines is 1. The van der Waals surface area contributed by atoms with Crippen LogP contribution in [0.3, 0.4) is 0 Å². The third-order valence-corrected chi connectivity index (χ3v) is 4.16. The normalized spacial score (nSPS) is 11.2. The first-order valence-electron chi connectivity index (χ1n) is 7.69. The van der Waals surface area contributed by atoms with Crippen molar-refractivity contribution in [2.45, 2.75) is 6.92 Å². The van der Waals surface area contributed by atoms with E-state index in [-0.39, 0.29) is 17.4 Å². The summed E-state index contributed by atoms with van der Waals surface area (Å²) in [5.41, 5.74) is 2.53. The van der Waals surface area contributed by atoms with Gasteiger partial charge in [-0.2, -0.15) is 10.2 Å². The van der Waals surface area contributed by atoms with Crippen LogP contribution >= 0.6 is 11.6 Å². The number of nitrogens with zero attached hydrogens (tertiary/aromatic N) is 6. The molecule has 0 bridgehead atoms. The average Bonchev–Trinajstić information content (AvgIpc) is 3.27.